The second kappa shape index (κ2) is 6.19. The van der Waals surface area contributed by atoms with Crippen molar-refractivity contribution in [3.05, 3.63) is 33.7 Å². The van der Waals surface area contributed by atoms with Gasteiger partial charge in [0, 0.05) is 37.0 Å². The Morgan fingerprint density at radius 1 is 1.45 bits per heavy atom. The predicted molar refractivity (Wildman–Crippen MR) is 73.8 cm³/mol. The summed E-state index contributed by atoms with van der Waals surface area (Å²) in [5, 5.41) is 9.85. The molecule has 2 N–H and O–H groups in total. The molecule has 0 radical (unpaired) electrons. The molecule has 0 aromatic carbocycles. The van der Waals surface area contributed by atoms with E-state index in [1.165, 1.54) is 11.0 Å². The van der Waals surface area contributed by atoms with E-state index in [0.717, 1.165) is 5.69 Å². The number of hydrogen-bond donors (Lipinski definition) is 2. The lowest BCUT2D eigenvalue weighted by atomic mass is 10.2. The highest BCUT2D eigenvalue weighted by atomic mass is 16.5. The van der Waals surface area contributed by atoms with E-state index in [2.05, 4.69) is 4.98 Å². The Hall–Kier alpha value is -1.66. The van der Waals surface area contributed by atoms with Crippen molar-refractivity contribution in [1.82, 2.24) is 9.88 Å². The largest absolute Gasteiger partial charge is 0.388 e. The Morgan fingerprint density at radius 2 is 2.20 bits per heavy atom. The smallest absolute Gasteiger partial charge is 0.254 e. The first-order valence-corrected chi connectivity index (χ1v) is 6.87. The van der Waals surface area contributed by atoms with Crippen molar-refractivity contribution in [3.63, 3.8) is 0 Å². The van der Waals surface area contributed by atoms with Crippen LogP contribution in [-0.4, -0.2) is 52.8 Å². The van der Waals surface area contributed by atoms with Crippen LogP contribution in [0.3, 0.4) is 0 Å². The average molecular weight is 280 g/mol. The lowest BCUT2D eigenvalue weighted by Gasteiger charge is -2.16. The number of pyridine rings is 1. The molecule has 0 bridgehead atoms. The number of rotatable bonds is 4. The monoisotopic (exact) mass is 280 g/mol. The number of amides is 1. The first-order chi connectivity index (χ1) is 9.55. The molecule has 1 aliphatic rings. The first kappa shape index (κ1) is 14.7. The van der Waals surface area contributed by atoms with Gasteiger partial charge < -0.3 is 19.7 Å². The number of nitrogens with one attached hydrogen (secondary N) is 1. The Kier molecular flexibility index (Phi) is 4.57. The summed E-state index contributed by atoms with van der Waals surface area (Å²) in [5.41, 5.74) is 0.797. The minimum atomic E-state index is -0.674. The van der Waals surface area contributed by atoms with Gasteiger partial charge in [-0.2, -0.15) is 0 Å². The summed E-state index contributed by atoms with van der Waals surface area (Å²) in [5.74, 6) is -0.243. The molecule has 1 fully saturated rings. The van der Waals surface area contributed by atoms with Gasteiger partial charge in [-0.1, -0.05) is 6.92 Å². The molecular weight excluding hydrogens is 260 g/mol. The maximum absolute atomic E-state index is 12.4. The van der Waals surface area contributed by atoms with Crippen molar-refractivity contribution in [1.29, 1.82) is 0 Å². The molecule has 110 valence electrons. The molecule has 0 spiro atoms. The number of H-pyrrole nitrogens is 1. The molecule has 1 amide bonds. The molecule has 0 unspecified atom stereocenters. The number of aryl methyl sites for hydroxylation is 1. The van der Waals surface area contributed by atoms with Gasteiger partial charge in [0.2, 0.25) is 5.56 Å². The highest BCUT2D eigenvalue weighted by Crippen LogP contribution is 2.16. The molecule has 1 aromatic rings. The van der Waals surface area contributed by atoms with E-state index in [9.17, 15) is 14.7 Å². The highest BCUT2D eigenvalue weighted by molar-refractivity contribution is 5.94. The Morgan fingerprint density at radius 3 is 2.85 bits per heavy atom. The third kappa shape index (κ3) is 3.08. The molecule has 20 heavy (non-hydrogen) atoms. The lowest BCUT2D eigenvalue weighted by Crippen LogP contribution is -2.31. The summed E-state index contributed by atoms with van der Waals surface area (Å²) in [4.78, 5) is 28.1. The van der Waals surface area contributed by atoms with Gasteiger partial charge in [-0.3, -0.25) is 9.59 Å². The molecule has 0 saturated carbocycles. The van der Waals surface area contributed by atoms with Crippen LogP contribution in [0.1, 0.15) is 29.9 Å². The Labute approximate surface area is 117 Å². The quantitative estimate of drug-likeness (QED) is 0.823. The summed E-state index contributed by atoms with van der Waals surface area (Å²) in [6.45, 7) is 4.83. The molecule has 2 rings (SSSR count). The summed E-state index contributed by atoms with van der Waals surface area (Å²) in [7, 11) is 0. The number of nitrogens with zero attached hydrogens (tertiary/aromatic N) is 1. The molecule has 1 aliphatic heterocycles. The van der Waals surface area contributed by atoms with Crippen molar-refractivity contribution in [2.24, 2.45) is 0 Å². The highest BCUT2D eigenvalue weighted by Gasteiger charge is 2.34. The van der Waals surface area contributed by atoms with Gasteiger partial charge in [-0.05, 0) is 19.4 Å². The Bertz CT molecular complexity index is 540. The Balaban J connectivity index is 2.16. The van der Waals surface area contributed by atoms with Crippen LogP contribution in [0.25, 0.3) is 0 Å². The second-order valence-electron chi connectivity index (χ2n) is 4.88. The van der Waals surface area contributed by atoms with Crippen molar-refractivity contribution in [3.8, 4) is 0 Å². The fourth-order valence-corrected chi connectivity index (χ4v) is 2.40. The van der Waals surface area contributed by atoms with Crippen molar-refractivity contribution < 1.29 is 14.6 Å². The van der Waals surface area contributed by atoms with Crippen LogP contribution < -0.4 is 5.56 Å². The van der Waals surface area contributed by atoms with Crippen LogP contribution in [0.5, 0.6) is 0 Å². The van der Waals surface area contributed by atoms with Crippen molar-refractivity contribution >= 4 is 5.91 Å². The molecule has 1 saturated heterocycles. The van der Waals surface area contributed by atoms with Gasteiger partial charge in [0.25, 0.3) is 5.91 Å². The fraction of sp³-hybridized carbons (Fsp3) is 0.571. The molecule has 2 atom stereocenters. The van der Waals surface area contributed by atoms with Crippen LogP contribution >= 0.6 is 0 Å². The van der Waals surface area contributed by atoms with E-state index in [-0.39, 0.29) is 24.1 Å². The van der Waals surface area contributed by atoms with Crippen LogP contribution in [-0.2, 0) is 11.2 Å². The van der Waals surface area contributed by atoms with Gasteiger partial charge in [-0.25, -0.2) is 0 Å². The maximum atomic E-state index is 12.4. The standard InChI is InChI=1S/C14H20N2O4/c1-3-10-5-9(6-13(18)15-10)14(19)16-7-11(17)12(8-16)20-4-2/h5-6,11-12,17H,3-4,7-8H2,1-2H3,(H,15,18)/t11-,12-/m0/s1. The topological polar surface area (TPSA) is 82.6 Å². The van der Waals surface area contributed by atoms with Crippen LogP contribution in [0.15, 0.2) is 16.9 Å². The molecular formula is C14H20N2O4. The zero-order valence-electron chi connectivity index (χ0n) is 11.8. The third-order valence-corrected chi connectivity index (χ3v) is 3.43. The number of aromatic nitrogens is 1. The van der Waals surface area contributed by atoms with E-state index in [1.54, 1.807) is 6.07 Å². The molecule has 2 heterocycles. The number of carbonyl (C=O) groups excluding carboxylic acids is 1. The number of likely N-dealkylation sites (tertiary alicyclic amines) is 1. The molecule has 6 heteroatoms. The number of aliphatic hydroxyl groups is 1. The first-order valence-electron chi connectivity index (χ1n) is 6.87. The van der Waals surface area contributed by atoms with Gasteiger partial charge in [0.1, 0.15) is 6.10 Å². The van der Waals surface area contributed by atoms with E-state index < -0.39 is 6.10 Å². The summed E-state index contributed by atoms with van der Waals surface area (Å²) in [6, 6.07) is 2.98. The summed E-state index contributed by atoms with van der Waals surface area (Å²) in [6.07, 6.45) is -0.372. The zero-order valence-corrected chi connectivity index (χ0v) is 11.8. The minimum absolute atomic E-state index is 0.234. The SMILES string of the molecule is CCO[C@H]1CN(C(=O)c2cc(CC)[nH]c(=O)c2)C[C@@H]1O. The zero-order chi connectivity index (χ0) is 14.7. The van der Waals surface area contributed by atoms with Gasteiger partial charge in [0.05, 0.1) is 6.10 Å². The number of β-amino-alcohol motifs (C(OH)–C–C–N with tert-alkyl or cyclic N) is 1. The van der Waals surface area contributed by atoms with Gasteiger partial charge >= 0.3 is 0 Å². The molecule has 0 aliphatic carbocycles. The number of ether oxygens (including phenoxy) is 1. The summed E-state index contributed by atoms with van der Waals surface area (Å²) >= 11 is 0. The van der Waals surface area contributed by atoms with E-state index in [4.69, 9.17) is 4.74 Å². The van der Waals surface area contributed by atoms with Crippen molar-refractivity contribution in [2.45, 2.75) is 32.5 Å². The van der Waals surface area contributed by atoms with E-state index in [1.807, 2.05) is 13.8 Å². The number of hydrogen-bond acceptors (Lipinski definition) is 4. The molecule has 1 aromatic heterocycles. The second-order valence-corrected chi connectivity index (χ2v) is 4.88. The normalized spacial score (nSPS) is 22.2. The number of aliphatic hydroxyl groups excluding tert-OH is 1. The van der Waals surface area contributed by atoms with E-state index >= 15 is 0 Å². The van der Waals surface area contributed by atoms with Crippen molar-refractivity contribution in [2.75, 3.05) is 19.7 Å². The van der Waals surface area contributed by atoms with Crippen LogP contribution in [0.2, 0.25) is 0 Å². The van der Waals surface area contributed by atoms with E-state index in [0.29, 0.717) is 25.1 Å². The summed E-state index contributed by atoms with van der Waals surface area (Å²) < 4.78 is 5.39. The average Bonchev–Trinajstić information content (AvgIpc) is 2.79. The molecule has 6 nitrogen and oxygen atoms in total. The van der Waals surface area contributed by atoms with Gasteiger partial charge in [0.15, 0.2) is 0 Å². The fourth-order valence-electron chi connectivity index (χ4n) is 2.40. The minimum Gasteiger partial charge on any atom is -0.388 e. The predicted octanol–water partition coefficient (Wildman–Crippen LogP) is 0.159. The van der Waals surface area contributed by atoms with Gasteiger partial charge in [-0.15, -0.1) is 0 Å². The third-order valence-electron chi connectivity index (χ3n) is 3.43. The number of carbonyl (C=O) groups is 1. The number of aromatic amines is 1. The lowest BCUT2D eigenvalue weighted by molar-refractivity contribution is -0.00237. The van der Waals surface area contributed by atoms with Crippen LogP contribution in [0.4, 0.5) is 0 Å². The van der Waals surface area contributed by atoms with Crippen LogP contribution in [0, 0.1) is 0 Å². The maximum Gasteiger partial charge on any atom is 0.254 e.